The monoisotopic (exact) mass is 370 g/mol. The Morgan fingerprint density at radius 3 is 2.22 bits per heavy atom. The molecule has 27 heavy (non-hydrogen) atoms. The number of ether oxygens (including phenoxy) is 3. The molecule has 142 valence electrons. The van der Waals surface area contributed by atoms with Gasteiger partial charge in [-0.1, -0.05) is 0 Å². The predicted molar refractivity (Wildman–Crippen MR) is 102 cm³/mol. The van der Waals surface area contributed by atoms with E-state index in [1.807, 2.05) is 12.1 Å². The summed E-state index contributed by atoms with van der Waals surface area (Å²) in [6, 6.07) is 10.5. The zero-order chi connectivity index (χ0) is 19.4. The van der Waals surface area contributed by atoms with Gasteiger partial charge in [0.05, 0.1) is 26.9 Å². The third-order valence-corrected chi connectivity index (χ3v) is 4.46. The van der Waals surface area contributed by atoms with Gasteiger partial charge in [0.2, 0.25) is 11.7 Å². The average Bonchev–Trinajstić information content (AvgIpc) is 3.12. The van der Waals surface area contributed by atoms with Gasteiger partial charge in [0.1, 0.15) is 0 Å². The molecule has 0 saturated carbocycles. The van der Waals surface area contributed by atoms with Crippen LogP contribution in [0.1, 0.15) is 23.2 Å². The summed E-state index contributed by atoms with van der Waals surface area (Å²) in [4.78, 5) is 26.3. The summed E-state index contributed by atoms with van der Waals surface area (Å²) >= 11 is 0. The second kappa shape index (κ2) is 7.99. The molecule has 0 unspecified atom stereocenters. The van der Waals surface area contributed by atoms with Crippen molar-refractivity contribution >= 4 is 23.2 Å². The lowest BCUT2D eigenvalue weighted by molar-refractivity contribution is -0.117. The Kier molecular flexibility index (Phi) is 5.49. The number of carbonyl (C=O) groups is 2. The molecule has 7 nitrogen and oxygen atoms in total. The highest BCUT2D eigenvalue weighted by Gasteiger charge is 2.22. The Morgan fingerprint density at radius 2 is 1.67 bits per heavy atom. The van der Waals surface area contributed by atoms with Crippen molar-refractivity contribution in [3.8, 4) is 17.2 Å². The topological polar surface area (TPSA) is 77.1 Å². The molecule has 1 aliphatic rings. The number of anilines is 2. The molecule has 0 atom stereocenters. The van der Waals surface area contributed by atoms with E-state index < -0.39 is 0 Å². The molecule has 0 aliphatic carbocycles. The minimum absolute atomic E-state index is 0.127. The lowest BCUT2D eigenvalue weighted by Crippen LogP contribution is -2.23. The highest BCUT2D eigenvalue weighted by Crippen LogP contribution is 2.40. The largest absolute Gasteiger partial charge is 0.493 e. The van der Waals surface area contributed by atoms with Crippen LogP contribution in [0.15, 0.2) is 36.4 Å². The maximum Gasteiger partial charge on any atom is 0.259 e. The number of nitrogens with zero attached hydrogens (tertiary/aromatic N) is 1. The summed E-state index contributed by atoms with van der Waals surface area (Å²) in [5, 5.41) is 2.83. The number of carbonyl (C=O) groups excluding carboxylic acids is 2. The highest BCUT2D eigenvalue weighted by atomic mass is 16.5. The summed E-state index contributed by atoms with van der Waals surface area (Å²) in [6.45, 7) is 0.730. The van der Waals surface area contributed by atoms with E-state index in [0.29, 0.717) is 34.9 Å². The predicted octanol–water partition coefficient (Wildman–Crippen LogP) is 3.09. The Bertz CT molecular complexity index is 848. The smallest absolute Gasteiger partial charge is 0.259 e. The van der Waals surface area contributed by atoms with Gasteiger partial charge in [-0.25, -0.2) is 0 Å². The number of methoxy groups -OCH3 is 3. The molecule has 2 aromatic rings. The van der Waals surface area contributed by atoms with E-state index in [1.165, 1.54) is 21.3 Å². The highest BCUT2D eigenvalue weighted by molar-refractivity contribution is 6.07. The maximum absolute atomic E-state index is 12.7. The van der Waals surface area contributed by atoms with Gasteiger partial charge in [-0.3, -0.25) is 9.59 Å². The molecular weight excluding hydrogens is 348 g/mol. The molecule has 0 aromatic heterocycles. The van der Waals surface area contributed by atoms with Crippen LogP contribution in [0.2, 0.25) is 0 Å². The van der Waals surface area contributed by atoms with Crippen LogP contribution < -0.4 is 24.4 Å². The van der Waals surface area contributed by atoms with Gasteiger partial charge in [-0.05, 0) is 42.8 Å². The van der Waals surface area contributed by atoms with Crippen LogP contribution in [0, 0.1) is 0 Å². The first-order chi connectivity index (χ1) is 13.1. The minimum Gasteiger partial charge on any atom is -0.493 e. The Labute approximate surface area is 157 Å². The summed E-state index contributed by atoms with van der Waals surface area (Å²) < 4.78 is 15.9. The summed E-state index contributed by atoms with van der Waals surface area (Å²) in [5.74, 6) is 0.925. The van der Waals surface area contributed by atoms with Gasteiger partial charge < -0.3 is 24.4 Å². The zero-order valence-electron chi connectivity index (χ0n) is 15.6. The molecule has 1 saturated heterocycles. The van der Waals surface area contributed by atoms with Gasteiger partial charge in [-0.2, -0.15) is 0 Å². The van der Waals surface area contributed by atoms with Gasteiger partial charge in [0, 0.05) is 24.3 Å². The van der Waals surface area contributed by atoms with Crippen molar-refractivity contribution in [2.45, 2.75) is 12.8 Å². The van der Waals surface area contributed by atoms with Crippen molar-refractivity contribution in [1.82, 2.24) is 0 Å². The number of hydrogen-bond donors (Lipinski definition) is 1. The standard InChI is InChI=1S/C20H22N2O5/c1-25-16-11-10-15(18(26-2)19(16)27-3)20(24)21-13-6-8-14(9-7-13)22-12-4-5-17(22)23/h6-11H,4-5,12H2,1-3H3,(H,21,24). The van der Waals surface area contributed by atoms with Crippen LogP contribution in [-0.4, -0.2) is 39.7 Å². The number of benzene rings is 2. The fourth-order valence-corrected chi connectivity index (χ4v) is 3.12. The summed E-state index contributed by atoms with van der Waals surface area (Å²) in [7, 11) is 4.47. The summed E-state index contributed by atoms with van der Waals surface area (Å²) in [5.41, 5.74) is 1.78. The average molecular weight is 370 g/mol. The Morgan fingerprint density at radius 1 is 0.963 bits per heavy atom. The van der Waals surface area contributed by atoms with Crippen molar-refractivity contribution in [2.24, 2.45) is 0 Å². The SMILES string of the molecule is COc1ccc(C(=O)Nc2ccc(N3CCCC3=O)cc2)c(OC)c1OC. The minimum atomic E-state index is -0.335. The Hall–Kier alpha value is -3.22. The van der Waals surface area contributed by atoms with Crippen molar-refractivity contribution in [3.63, 3.8) is 0 Å². The molecule has 2 amide bonds. The second-order valence-corrected chi connectivity index (χ2v) is 6.03. The first kappa shape index (κ1) is 18.6. The summed E-state index contributed by atoms with van der Waals surface area (Å²) in [6.07, 6.45) is 1.45. The van der Waals surface area contributed by atoms with Crippen LogP contribution in [0.3, 0.4) is 0 Å². The molecular formula is C20H22N2O5. The number of nitrogens with one attached hydrogen (secondary N) is 1. The van der Waals surface area contributed by atoms with Crippen LogP contribution in [0.5, 0.6) is 17.2 Å². The van der Waals surface area contributed by atoms with Crippen molar-refractivity contribution in [2.75, 3.05) is 38.1 Å². The second-order valence-electron chi connectivity index (χ2n) is 6.03. The third-order valence-electron chi connectivity index (χ3n) is 4.46. The molecule has 7 heteroatoms. The molecule has 3 rings (SSSR count). The Balaban J connectivity index is 1.80. The first-order valence-electron chi connectivity index (χ1n) is 8.59. The van der Waals surface area contributed by atoms with Gasteiger partial charge in [-0.15, -0.1) is 0 Å². The lowest BCUT2D eigenvalue weighted by Gasteiger charge is -2.17. The van der Waals surface area contributed by atoms with Crippen molar-refractivity contribution < 1.29 is 23.8 Å². The molecule has 1 aliphatic heterocycles. The molecule has 2 aromatic carbocycles. The number of amides is 2. The van der Waals surface area contributed by atoms with Crippen LogP contribution in [-0.2, 0) is 4.79 Å². The van der Waals surface area contributed by atoms with Crippen LogP contribution >= 0.6 is 0 Å². The normalized spacial score (nSPS) is 13.4. The fourth-order valence-electron chi connectivity index (χ4n) is 3.12. The van der Waals surface area contributed by atoms with Crippen LogP contribution in [0.4, 0.5) is 11.4 Å². The van der Waals surface area contributed by atoms with E-state index in [1.54, 1.807) is 29.2 Å². The number of rotatable bonds is 6. The van der Waals surface area contributed by atoms with E-state index in [2.05, 4.69) is 5.32 Å². The van der Waals surface area contributed by atoms with Gasteiger partial charge >= 0.3 is 0 Å². The molecule has 0 spiro atoms. The maximum atomic E-state index is 12.7. The van der Waals surface area contributed by atoms with Gasteiger partial charge in [0.15, 0.2) is 11.5 Å². The first-order valence-corrected chi connectivity index (χ1v) is 8.59. The zero-order valence-corrected chi connectivity index (χ0v) is 15.6. The molecule has 1 fully saturated rings. The molecule has 0 radical (unpaired) electrons. The quantitative estimate of drug-likeness (QED) is 0.846. The lowest BCUT2D eigenvalue weighted by atomic mass is 10.1. The van der Waals surface area contributed by atoms with E-state index >= 15 is 0 Å². The van der Waals surface area contributed by atoms with Crippen molar-refractivity contribution in [1.29, 1.82) is 0 Å². The van der Waals surface area contributed by atoms with E-state index in [-0.39, 0.29) is 11.8 Å². The third kappa shape index (κ3) is 3.67. The van der Waals surface area contributed by atoms with Gasteiger partial charge in [0.25, 0.3) is 5.91 Å². The van der Waals surface area contributed by atoms with E-state index in [0.717, 1.165) is 18.7 Å². The van der Waals surface area contributed by atoms with E-state index in [9.17, 15) is 9.59 Å². The fraction of sp³-hybridized carbons (Fsp3) is 0.300. The van der Waals surface area contributed by atoms with Crippen molar-refractivity contribution in [3.05, 3.63) is 42.0 Å². The molecule has 1 heterocycles. The van der Waals surface area contributed by atoms with Crippen LogP contribution in [0.25, 0.3) is 0 Å². The molecule has 1 N–H and O–H groups in total. The number of hydrogen-bond acceptors (Lipinski definition) is 5. The van der Waals surface area contributed by atoms with E-state index in [4.69, 9.17) is 14.2 Å². The molecule has 0 bridgehead atoms.